The summed E-state index contributed by atoms with van der Waals surface area (Å²) in [7, 11) is 3.24. The molecule has 1 fully saturated rings. The summed E-state index contributed by atoms with van der Waals surface area (Å²) in [4.78, 5) is 132. The molecule has 1 aliphatic heterocycles. The molecule has 8 amide bonds. The number of carbonyl (C=O) groups is 9. The summed E-state index contributed by atoms with van der Waals surface area (Å²) in [5.74, 6) is -7.88. The first kappa shape index (κ1) is 60.5. The summed E-state index contributed by atoms with van der Waals surface area (Å²) in [5.41, 5.74) is 14.8. The molecule has 0 unspecified atom stereocenters. The van der Waals surface area contributed by atoms with Gasteiger partial charge in [-0.2, -0.15) is 0 Å². The third-order valence-electron chi connectivity index (χ3n) is 13.0. The SMILES string of the molecule is C[C@@H](O)[C@@H]1NC(=O)[C@H](CCCCN)NC(=O)[C@H](Cc2c[nH]c3ccccc23)NC(=O)N(C)[C@H](C(=O)c2ccccc2)NC(=O)[C@H](Cc2ccccc2)NC(=O)[C@@H](N)CSSC[C@@H](C(=O)O)NC(=O)[C@H](Cc2ccccc2)NC1=O. The molecule has 0 spiro atoms. The van der Waals surface area contributed by atoms with E-state index < -0.39 is 108 Å². The zero-order valence-electron chi connectivity index (χ0n) is 43.6. The minimum absolute atomic E-state index is 0.0340. The number of ketones is 1. The zero-order valence-corrected chi connectivity index (χ0v) is 45.2. The number of para-hydroxylation sites is 1. The van der Waals surface area contributed by atoms with Gasteiger partial charge in [-0.3, -0.25) is 33.6 Å². The molecule has 420 valence electrons. The number of Topliss-reactive ketones (excluding diaryl/α,β-unsaturated/α-hetero) is 1. The molecule has 9 atom stereocenters. The number of amides is 8. The predicted octanol–water partition coefficient (Wildman–Crippen LogP) is 1.27. The van der Waals surface area contributed by atoms with Gasteiger partial charge in [-0.25, -0.2) is 9.59 Å². The van der Waals surface area contributed by atoms with E-state index in [0.717, 1.165) is 26.5 Å². The molecule has 5 aromatic rings. The van der Waals surface area contributed by atoms with Crippen molar-refractivity contribution in [1.82, 2.24) is 47.1 Å². The van der Waals surface area contributed by atoms with E-state index in [4.69, 9.17) is 11.5 Å². The molecule has 22 nitrogen and oxygen atoms in total. The number of unbranched alkanes of at least 4 members (excludes halogenated alkanes) is 1. The van der Waals surface area contributed by atoms with E-state index >= 15 is 0 Å². The van der Waals surface area contributed by atoms with Crippen LogP contribution in [0.1, 0.15) is 53.2 Å². The Morgan fingerprint density at radius 2 is 1.14 bits per heavy atom. The number of carbonyl (C=O) groups excluding carboxylic acids is 8. The molecule has 1 aromatic heterocycles. The number of hydrogen-bond acceptors (Lipinski definition) is 14. The standard InChI is InChI=1S/C55H67N11O11S2/c1-32(67)45-53(74)61-41(26-33-16-6-3-7-17-33)50(71)62-44(54(75)76)31-79-78-30-38(57)48(69)60-42(27-34-18-8-4-9-19-34)52(73)65-47(46(68)35-20-10-5-11-21-35)66(2)55(77)63-43(28-36-29-58-39-23-13-12-22-37(36)39)51(72)59-40(49(70)64-45)24-14-15-25-56/h3-13,16-23,29,32,38,40-45,47,58,67H,14-15,24-28,30-31,56-57H2,1-2H3,(H,59,72)(H,60,69)(H,61,74)(H,62,71)(H,63,77)(H,64,70)(H,65,73)(H,75,76)/t32-,38+,40+,41+,42+,43+,44+,45+,47-/m1/s1. The molecule has 2 heterocycles. The van der Waals surface area contributed by atoms with Gasteiger partial charge in [0.05, 0.1) is 12.1 Å². The molecule has 6 rings (SSSR count). The fourth-order valence-electron chi connectivity index (χ4n) is 8.54. The number of fused-ring (bicyclic) bond motifs is 1. The molecule has 4 aromatic carbocycles. The Morgan fingerprint density at radius 3 is 1.75 bits per heavy atom. The van der Waals surface area contributed by atoms with Crippen LogP contribution in [0.5, 0.6) is 0 Å². The number of carboxylic acid groups (broad SMARTS) is 1. The van der Waals surface area contributed by atoms with Crippen molar-refractivity contribution in [1.29, 1.82) is 0 Å². The second kappa shape index (κ2) is 29.8. The van der Waals surface area contributed by atoms with Gasteiger partial charge in [-0.05, 0) is 55.5 Å². The summed E-state index contributed by atoms with van der Waals surface area (Å²) < 4.78 is 0. The molecule has 1 saturated heterocycles. The van der Waals surface area contributed by atoms with Crippen LogP contribution in [-0.2, 0) is 52.8 Å². The lowest BCUT2D eigenvalue weighted by atomic mass is 10.0. The Hall–Kier alpha value is -7.77. The number of aliphatic hydroxyl groups excluding tert-OH is 1. The quantitative estimate of drug-likeness (QED) is 0.0423. The van der Waals surface area contributed by atoms with Gasteiger partial charge in [0.15, 0.2) is 6.17 Å². The summed E-state index contributed by atoms with van der Waals surface area (Å²) >= 11 is 0. The topological polar surface area (TPSA) is 349 Å². The molecule has 14 N–H and O–H groups in total. The largest absolute Gasteiger partial charge is 0.480 e. The molecule has 0 aliphatic carbocycles. The number of aromatic nitrogens is 1. The predicted molar refractivity (Wildman–Crippen MR) is 300 cm³/mol. The van der Waals surface area contributed by atoms with Crippen LogP contribution in [0.4, 0.5) is 4.79 Å². The van der Waals surface area contributed by atoms with Crippen LogP contribution < -0.4 is 48.7 Å². The number of nitrogens with zero attached hydrogens (tertiary/aromatic N) is 1. The first-order valence-electron chi connectivity index (χ1n) is 25.6. The smallest absolute Gasteiger partial charge is 0.327 e. The van der Waals surface area contributed by atoms with Crippen molar-refractivity contribution in [2.75, 3.05) is 25.1 Å². The van der Waals surface area contributed by atoms with E-state index in [2.05, 4.69) is 42.2 Å². The molecule has 0 saturated carbocycles. The Balaban J connectivity index is 1.41. The van der Waals surface area contributed by atoms with Gasteiger partial charge in [0.25, 0.3) is 0 Å². The number of aromatic amines is 1. The van der Waals surface area contributed by atoms with E-state index in [1.807, 2.05) is 6.07 Å². The van der Waals surface area contributed by atoms with E-state index in [1.54, 1.807) is 103 Å². The molecular weight excluding hydrogens is 1050 g/mol. The first-order chi connectivity index (χ1) is 37.9. The van der Waals surface area contributed by atoms with Gasteiger partial charge in [-0.15, -0.1) is 0 Å². The zero-order chi connectivity index (χ0) is 57.0. The van der Waals surface area contributed by atoms with Crippen molar-refractivity contribution in [2.24, 2.45) is 11.5 Å². The third-order valence-corrected chi connectivity index (χ3v) is 15.4. The Kier molecular flexibility index (Phi) is 22.8. The number of hydrogen-bond donors (Lipinski definition) is 12. The lowest BCUT2D eigenvalue weighted by Crippen LogP contribution is -2.63. The summed E-state index contributed by atoms with van der Waals surface area (Å²) in [5, 5.41) is 40.3. The highest BCUT2D eigenvalue weighted by molar-refractivity contribution is 8.76. The van der Waals surface area contributed by atoms with Gasteiger partial charge in [0, 0.05) is 60.5 Å². The number of likely N-dealkylation sites (N-methyl/N-ethyl adjacent to an activating group) is 1. The second-order valence-electron chi connectivity index (χ2n) is 19.0. The lowest BCUT2D eigenvalue weighted by Gasteiger charge is -2.32. The fourth-order valence-corrected chi connectivity index (χ4v) is 10.8. The van der Waals surface area contributed by atoms with E-state index in [1.165, 1.54) is 26.1 Å². The minimum Gasteiger partial charge on any atom is -0.480 e. The molecule has 0 bridgehead atoms. The average Bonchev–Trinajstić information content (AvgIpc) is 3.85. The number of nitrogens with two attached hydrogens (primary N) is 2. The van der Waals surface area contributed by atoms with Crippen LogP contribution in [-0.4, -0.2) is 153 Å². The molecule has 1 aliphatic rings. The third kappa shape index (κ3) is 17.6. The Morgan fingerprint density at radius 1 is 0.620 bits per heavy atom. The van der Waals surface area contributed by atoms with Gasteiger partial charge >= 0.3 is 12.0 Å². The van der Waals surface area contributed by atoms with Gasteiger partial charge < -0.3 is 68.8 Å². The summed E-state index contributed by atoms with van der Waals surface area (Å²) in [6.45, 7) is 1.46. The normalized spacial score (nSPS) is 23.4. The summed E-state index contributed by atoms with van der Waals surface area (Å²) in [6.07, 6.45) is -1.41. The van der Waals surface area contributed by atoms with Crippen LogP contribution in [0, 0.1) is 0 Å². The molecular formula is C55H67N11O11S2. The van der Waals surface area contributed by atoms with Crippen molar-refractivity contribution in [3.63, 3.8) is 0 Å². The van der Waals surface area contributed by atoms with E-state index in [-0.39, 0.29) is 49.3 Å². The number of urea groups is 1. The maximum Gasteiger partial charge on any atom is 0.327 e. The van der Waals surface area contributed by atoms with E-state index in [0.29, 0.717) is 40.4 Å². The summed E-state index contributed by atoms with van der Waals surface area (Å²) in [6, 6.07) is 21.0. The molecule has 24 heteroatoms. The van der Waals surface area contributed by atoms with Gasteiger partial charge in [0.2, 0.25) is 41.2 Å². The van der Waals surface area contributed by atoms with Crippen molar-refractivity contribution in [2.45, 2.75) is 100 Å². The van der Waals surface area contributed by atoms with Crippen LogP contribution in [0.25, 0.3) is 10.9 Å². The molecule has 0 radical (unpaired) electrons. The molecule has 79 heavy (non-hydrogen) atoms. The first-order valence-corrected chi connectivity index (χ1v) is 28.1. The van der Waals surface area contributed by atoms with E-state index in [9.17, 15) is 53.4 Å². The highest BCUT2D eigenvalue weighted by Gasteiger charge is 2.38. The minimum atomic E-state index is -1.75. The van der Waals surface area contributed by atoms with Gasteiger partial charge in [-0.1, -0.05) is 131 Å². The van der Waals surface area contributed by atoms with Crippen LogP contribution in [0.15, 0.2) is 121 Å². The van der Waals surface area contributed by atoms with Gasteiger partial charge in [0.1, 0.15) is 36.3 Å². The number of rotatable bonds is 14. The van der Waals surface area contributed by atoms with Crippen LogP contribution in [0.3, 0.4) is 0 Å². The van der Waals surface area contributed by atoms with Crippen LogP contribution >= 0.6 is 21.6 Å². The second-order valence-corrected chi connectivity index (χ2v) is 21.5. The number of aliphatic hydroxyl groups is 1. The lowest BCUT2D eigenvalue weighted by molar-refractivity contribution is -0.141. The number of nitrogens with one attached hydrogen (secondary N) is 8. The van der Waals surface area contributed by atoms with Crippen LogP contribution in [0.2, 0.25) is 0 Å². The number of benzene rings is 4. The fraction of sp³-hybridized carbons (Fsp3) is 0.364. The van der Waals surface area contributed by atoms with Crippen molar-refractivity contribution in [3.8, 4) is 0 Å². The highest BCUT2D eigenvalue weighted by Crippen LogP contribution is 2.24. The number of H-pyrrole nitrogens is 1. The average molecular weight is 1120 g/mol. The van der Waals surface area contributed by atoms with Crippen molar-refractivity contribution in [3.05, 3.63) is 144 Å². The Labute approximate surface area is 464 Å². The maximum atomic E-state index is 14.8. The van der Waals surface area contributed by atoms with Crippen molar-refractivity contribution >= 4 is 85.7 Å². The monoisotopic (exact) mass is 1120 g/mol. The number of carboxylic acids is 1. The number of aliphatic carboxylic acids is 1. The maximum absolute atomic E-state index is 14.8. The Bertz CT molecular complexity index is 2900. The highest BCUT2D eigenvalue weighted by atomic mass is 33.1. The van der Waals surface area contributed by atoms with Crippen molar-refractivity contribution < 1.29 is 53.4 Å².